The van der Waals surface area contributed by atoms with Crippen LogP contribution < -0.4 is 9.47 Å². The van der Waals surface area contributed by atoms with Gasteiger partial charge in [0.2, 0.25) is 0 Å². The summed E-state index contributed by atoms with van der Waals surface area (Å²) in [6.45, 7) is 6.25. The Hall–Kier alpha value is -2.82. The van der Waals surface area contributed by atoms with Gasteiger partial charge in [0, 0.05) is 30.1 Å². The van der Waals surface area contributed by atoms with E-state index in [1.165, 1.54) is 0 Å². The molecule has 2 aliphatic rings. The van der Waals surface area contributed by atoms with Gasteiger partial charge in [0.05, 0.1) is 0 Å². The average molecular weight is 379 g/mol. The van der Waals surface area contributed by atoms with Crippen LogP contribution in [0.3, 0.4) is 0 Å². The number of nitrogens with zero attached hydrogens (tertiary/aromatic N) is 1. The van der Waals surface area contributed by atoms with Crippen LogP contribution in [0, 0.1) is 19.8 Å². The van der Waals surface area contributed by atoms with Crippen LogP contribution in [-0.2, 0) is 0 Å². The van der Waals surface area contributed by atoms with Gasteiger partial charge >= 0.3 is 0 Å². The van der Waals surface area contributed by atoms with Gasteiger partial charge in [-0.15, -0.1) is 0 Å². The van der Waals surface area contributed by atoms with Crippen LogP contribution in [0.5, 0.6) is 11.5 Å². The maximum atomic E-state index is 12.9. The van der Waals surface area contributed by atoms with Crippen LogP contribution in [0.4, 0.5) is 0 Å². The highest BCUT2D eigenvalue weighted by Crippen LogP contribution is 2.32. The first-order chi connectivity index (χ1) is 13.5. The number of fused-ring (bicyclic) bond motifs is 1. The number of hydrogen-bond acceptors (Lipinski definition) is 4. The lowest BCUT2D eigenvalue weighted by atomic mass is 9.88. The topological polar surface area (TPSA) is 55.8 Å². The maximum Gasteiger partial charge on any atom is 0.254 e. The van der Waals surface area contributed by atoms with Crippen LogP contribution in [0.2, 0.25) is 0 Å². The van der Waals surface area contributed by atoms with Crippen molar-refractivity contribution in [1.29, 1.82) is 0 Å². The highest BCUT2D eigenvalue weighted by Gasteiger charge is 2.29. The molecule has 146 valence electrons. The number of carbonyl (C=O) groups is 2. The van der Waals surface area contributed by atoms with Crippen molar-refractivity contribution in [1.82, 2.24) is 4.90 Å². The van der Waals surface area contributed by atoms with Gasteiger partial charge in [0.1, 0.15) is 13.2 Å². The summed E-state index contributed by atoms with van der Waals surface area (Å²) in [5.74, 6) is 1.45. The summed E-state index contributed by atoms with van der Waals surface area (Å²) in [7, 11) is 0. The van der Waals surface area contributed by atoms with Crippen LogP contribution in [-0.4, -0.2) is 42.9 Å². The molecular formula is C23H25NO4. The van der Waals surface area contributed by atoms with E-state index in [0.29, 0.717) is 56.2 Å². The molecule has 2 aromatic rings. The van der Waals surface area contributed by atoms with Gasteiger partial charge < -0.3 is 14.4 Å². The second kappa shape index (κ2) is 7.66. The molecule has 1 fully saturated rings. The minimum atomic E-state index is -0.0646. The van der Waals surface area contributed by atoms with Crippen molar-refractivity contribution in [3.05, 3.63) is 58.7 Å². The zero-order valence-electron chi connectivity index (χ0n) is 16.4. The molecule has 0 N–H and O–H groups in total. The van der Waals surface area contributed by atoms with E-state index in [-0.39, 0.29) is 17.6 Å². The zero-order chi connectivity index (χ0) is 19.7. The molecule has 2 aliphatic heterocycles. The number of amides is 1. The molecule has 4 rings (SSSR count). The van der Waals surface area contributed by atoms with Crippen LogP contribution >= 0.6 is 0 Å². The first-order valence-electron chi connectivity index (χ1n) is 9.84. The van der Waals surface area contributed by atoms with Crippen molar-refractivity contribution in [3.8, 4) is 11.5 Å². The summed E-state index contributed by atoms with van der Waals surface area (Å²) in [5, 5.41) is 0. The minimum Gasteiger partial charge on any atom is -0.486 e. The molecule has 1 amide bonds. The maximum absolute atomic E-state index is 12.9. The molecule has 0 spiro atoms. The molecule has 0 aromatic heterocycles. The quantitative estimate of drug-likeness (QED) is 0.761. The predicted molar refractivity (Wildman–Crippen MR) is 106 cm³/mol. The Labute approximate surface area is 165 Å². The molecular weight excluding hydrogens is 354 g/mol. The third-order valence-corrected chi connectivity index (χ3v) is 5.81. The number of carbonyl (C=O) groups excluding carboxylic acids is 2. The number of rotatable bonds is 3. The molecule has 0 unspecified atom stereocenters. The number of likely N-dealkylation sites (tertiary alicyclic amines) is 1. The molecule has 2 aromatic carbocycles. The number of ketones is 1. The Kier molecular flexibility index (Phi) is 5.07. The second-order valence-electron chi connectivity index (χ2n) is 7.54. The first kappa shape index (κ1) is 18.5. The predicted octanol–water partition coefficient (Wildman–Crippen LogP) is 3.81. The highest BCUT2D eigenvalue weighted by molar-refractivity contribution is 5.99. The fourth-order valence-corrected chi connectivity index (χ4v) is 3.93. The average Bonchev–Trinajstić information content (AvgIpc) is 2.74. The fourth-order valence-electron chi connectivity index (χ4n) is 3.93. The largest absolute Gasteiger partial charge is 0.486 e. The molecule has 1 saturated heterocycles. The Morgan fingerprint density at radius 2 is 1.68 bits per heavy atom. The molecule has 28 heavy (non-hydrogen) atoms. The van der Waals surface area contributed by atoms with Crippen molar-refractivity contribution in [3.63, 3.8) is 0 Å². The van der Waals surface area contributed by atoms with Crippen molar-refractivity contribution in [2.45, 2.75) is 26.7 Å². The van der Waals surface area contributed by atoms with Crippen molar-refractivity contribution in [2.75, 3.05) is 26.3 Å². The van der Waals surface area contributed by atoms with Gasteiger partial charge in [0.15, 0.2) is 17.3 Å². The summed E-state index contributed by atoms with van der Waals surface area (Å²) in [5.41, 5.74) is 3.57. The molecule has 0 atom stereocenters. The molecule has 2 heterocycles. The highest BCUT2D eigenvalue weighted by atomic mass is 16.6. The Bertz CT molecular complexity index is 913. The van der Waals surface area contributed by atoms with Gasteiger partial charge in [-0.3, -0.25) is 9.59 Å². The second-order valence-corrected chi connectivity index (χ2v) is 7.54. The van der Waals surface area contributed by atoms with Crippen LogP contribution in [0.15, 0.2) is 36.4 Å². The Morgan fingerprint density at radius 1 is 0.964 bits per heavy atom. The van der Waals surface area contributed by atoms with Gasteiger partial charge in [-0.2, -0.15) is 0 Å². The number of benzene rings is 2. The number of aryl methyl sites for hydroxylation is 1. The lowest BCUT2D eigenvalue weighted by molar-refractivity contribution is 0.0649. The minimum absolute atomic E-state index is 0.0615. The van der Waals surface area contributed by atoms with E-state index in [0.717, 1.165) is 16.7 Å². The SMILES string of the molecule is Cc1cccc(C(=O)N2CCC(C(=O)c3ccc4c(c3)OCCO4)CC2)c1C. The lowest BCUT2D eigenvalue weighted by Crippen LogP contribution is -2.40. The van der Waals surface area contributed by atoms with Crippen LogP contribution in [0.1, 0.15) is 44.7 Å². The Morgan fingerprint density at radius 3 is 2.43 bits per heavy atom. The van der Waals surface area contributed by atoms with Gasteiger partial charge in [-0.05, 0) is 62.1 Å². The normalized spacial score (nSPS) is 16.7. The van der Waals surface area contributed by atoms with E-state index in [9.17, 15) is 9.59 Å². The van der Waals surface area contributed by atoms with E-state index >= 15 is 0 Å². The smallest absolute Gasteiger partial charge is 0.254 e. The van der Waals surface area contributed by atoms with Crippen LogP contribution in [0.25, 0.3) is 0 Å². The summed E-state index contributed by atoms with van der Waals surface area (Å²) >= 11 is 0. The van der Waals surface area contributed by atoms with Gasteiger partial charge in [-0.1, -0.05) is 12.1 Å². The molecule has 0 saturated carbocycles. The molecule has 0 aliphatic carbocycles. The molecule has 5 heteroatoms. The summed E-state index contributed by atoms with van der Waals surface area (Å²) < 4.78 is 11.1. The molecule has 0 radical (unpaired) electrons. The van der Waals surface area contributed by atoms with Gasteiger partial charge in [-0.25, -0.2) is 0 Å². The Balaban J connectivity index is 1.42. The van der Waals surface area contributed by atoms with E-state index in [2.05, 4.69) is 0 Å². The summed E-state index contributed by atoms with van der Waals surface area (Å²) in [4.78, 5) is 27.7. The number of ether oxygens (including phenoxy) is 2. The first-order valence-corrected chi connectivity index (χ1v) is 9.84. The van der Waals surface area contributed by atoms with Gasteiger partial charge in [0.25, 0.3) is 5.91 Å². The zero-order valence-corrected chi connectivity index (χ0v) is 16.4. The third-order valence-electron chi connectivity index (χ3n) is 5.81. The van der Waals surface area contributed by atoms with E-state index in [1.807, 2.05) is 43.0 Å². The fraction of sp³-hybridized carbons (Fsp3) is 0.391. The summed E-state index contributed by atoms with van der Waals surface area (Å²) in [6, 6.07) is 11.2. The molecule has 5 nitrogen and oxygen atoms in total. The standard InChI is InChI=1S/C23H25NO4/c1-15-4-3-5-19(16(15)2)23(26)24-10-8-17(9-11-24)22(25)18-6-7-20-21(14-18)28-13-12-27-20/h3-7,14,17H,8-13H2,1-2H3. The van der Waals surface area contributed by atoms with E-state index in [1.54, 1.807) is 12.1 Å². The van der Waals surface area contributed by atoms with Crippen molar-refractivity contribution in [2.24, 2.45) is 5.92 Å². The third kappa shape index (κ3) is 3.49. The number of hydrogen-bond donors (Lipinski definition) is 0. The summed E-state index contributed by atoms with van der Waals surface area (Å²) in [6.07, 6.45) is 1.37. The van der Waals surface area contributed by atoms with Crippen molar-refractivity contribution >= 4 is 11.7 Å². The monoisotopic (exact) mass is 379 g/mol. The number of Topliss-reactive ketones (excluding diaryl/α,β-unsaturated/α-hetero) is 1. The number of piperidine rings is 1. The van der Waals surface area contributed by atoms with E-state index in [4.69, 9.17) is 9.47 Å². The van der Waals surface area contributed by atoms with Crippen molar-refractivity contribution < 1.29 is 19.1 Å². The lowest BCUT2D eigenvalue weighted by Gasteiger charge is -2.32. The molecule has 0 bridgehead atoms. The van der Waals surface area contributed by atoms with E-state index < -0.39 is 0 Å².